The summed E-state index contributed by atoms with van der Waals surface area (Å²) in [5.74, 6) is 0.820. The molecule has 0 aliphatic heterocycles. The van der Waals surface area contributed by atoms with Crippen LogP contribution in [0, 0.1) is 5.92 Å². The maximum atomic E-state index is 3.96. The average Bonchev–Trinajstić information content (AvgIpc) is 3.69. The second-order valence-corrected chi connectivity index (χ2v) is 15.9. The molecule has 0 radical (unpaired) electrons. The van der Waals surface area contributed by atoms with Gasteiger partial charge in [0, 0.05) is 44.9 Å². The van der Waals surface area contributed by atoms with E-state index in [-0.39, 0.29) is 5.41 Å². The van der Waals surface area contributed by atoms with Crippen molar-refractivity contribution in [2.24, 2.45) is 5.92 Å². The smallest absolute Gasteiger partial charge is 0.0542 e. The normalized spacial score (nSPS) is 16.6. The first-order valence-electron chi connectivity index (χ1n) is 19.7. The Morgan fingerprint density at radius 3 is 1.96 bits per heavy atom. The predicted octanol–water partition coefficient (Wildman–Crippen LogP) is 14.7. The lowest BCUT2D eigenvalue weighted by Crippen LogP contribution is -2.16. The van der Waals surface area contributed by atoms with Crippen LogP contribution >= 0.6 is 0 Å². The largest absolute Gasteiger partial charge is 0.310 e. The van der Waals surface area contributed by atoms with Crippen LogP contribution in [0.3, 0.4) is 0 Å². The van der Waals surface area contributed by atoms with Crippen LogP contribution in [0.5, 0.6) is 0 Å². The van der Waals surface area contributed by atoms with E-state index in [4.69, 9.17) is 0 Å². The molecular weight excluding hydrogens is 677 g/mol. The quantitative estimate of drug-likeness (QED) is 0.159. The highest BCUT2D eigenvalue weighted by Crippen LogP contribution is 2.51. The third-order valence-electron chi connectivity index (χ3n) is 12.3. The number of aromatic nitrogens is 1. The summed E-state index contributed by atoms with van der Waals surface area (Å²) in [4.78, 5) is 2.45. The lowest BCUT2D eigenvalue weighted by atomic mass is 9.82. The molecular formula is C54H44N2. The molecule has 2 aliphatic carbocycles. The molecule has 2 atom stereocenters. The van der Waals surface area contributed by atoms with Gasteiger partial charge in [-0.2, -0.15) is 0 Å². The van der Waals surface area contributed by atoms with E-state index in [0.29, 0.717) is 11.8 Å². The molecule has 2 heteroatoms. The van der Waals surface area contributed by atoms with Crippen LogP contribution in [0.2, 0.25) is 0 Å². The Labute approximate surface area is 330 Å². The van der Waals surface area contributed by atoms with Gasteiger partial charge in [-0.25, -0.2) is 0 Å². The summed E-state index contributed by atoms with van der Waals surface area (Å²) in [5.41, 5.74) is 17.1. The molecule has 0 spiro atoms. The van der Waals surface area contributed by atoms with Crippen molar-refractivity contribution >= 4 is 44.9 Å². The minimum Gasteiger partial charge on any atom is -0.310 e. The lowest BCUT2D eigenvalue weighted by molar-refractivity contribution is 0.635. The second kappa shape index (κ2) is 13.3. The summed E-state index contributed by atoms with van der Waals surface area (Å²) >= 11 is 0. The van der Waals surface area contributed by atoms with Crippen molar-refractivity contribution in [1.82, 2.24) is 4.57 Å². The minimum atomic E-state index is -0.109. The van der Waals surface area contributed by atoms with Crippen LogP contribution in [0.25, 0.3) is 55.8 Å². The molecule has 0 amide bonds. The molecule has 270 valence electrons. The number of hydrogen-bond acceptors (Lipinski definition) is 1. The fourth-order valence-electron chi connectivity index (χ4n) is 9.25. The maximum Gasteiger partial charge on any atom is 0.0542 e. The molecule has 7 aromatic carbocycles. The number of anilines is 3. The average molecular weight is 721 g/mol. The van der Waals surface area contributed by atoms with Gasteiger partial charge in [0.2, 0.25) is 0 Å². The van der Waals surface area contributed by atoms with E-state index in [9.17, 15) is 0 Å². The zero-order valence-corrected chi connectivity index (χ0v) is 32.2. The molecule has 2 aliphatic rings. The van der Waals surface area contributed by atoms with Crippen molar-refractivity contribution in [2.45, 2.75) is 32.1 Å². The van der Waals surface area contributed by atoms with Gasteiger partial charge in [-0.05, 0) is 117 Å². The van der Waals surface area contributed by atoms with Crippen LogP contribution in [0.4, 0.5) is 17.1 Å². The van der Waals surface area contributed by atoms with Crippen molar-refractivity contribution in [2.75, 3.05) is 4.90 Å². The summed E-state index contributed by atoms with van der Waals surface area (Å²) in [7, 11) is 0. The van der Waals surface area contributed by atoms with Crippen LogP contribution in [-0.4, -0.2) is 4.57 Å². The van der Waals surface area contributed by atoms with E-state index in [2.05, 4.69) is 219 Å². The van der Waals surface area contributed by atoms with E-state index in [1.807, 2.05) is 6.08 Å². The summed E-state index contributed by atoms with van der Waals surface area (Å²) in [6.07, 6.45) is 10.9. The maximum absolute atomic E-state index is 3.96. The molecule has 0 N–H and O–H groups in total. The first kappa shape index (κ1) is 33.9. The number of para-hydroxylation sites is 1. The Hall–Kier alpha value is -6.64. The number of fused-ring (bicyclic) bond motifs is 6. The van der Waals surface area contributed by atoms with Crippen LogP contribution in [0.1, 0.15) is 48.9 Å². The summed E-state index contributed by atoms with van der Waals surface area (Å²) in [5, 5.41) is 2.44. The van der Waals surface area contributed by atoms with Crippen molar-refractivity contribution in [1.29, 1.82) is 0 Å². The van der Waals surface area contributed by atoms with Gasteiger partial charge in [-0.3, -0.25) is 0 Å². The molecule has 2 nitrogen and oxygen atoms in total. The van der Waals surface area contributed by atoms with Crippen molar-refractivity contribution in [3.8, 4) is 27.9 Å². The molecule has 0 saturated carbocycles. The lowest BCUT2D eigenvalue weighted by Gasteiger charge is -2.29. The fraction of sp³-hybridized carbons (Fsp3) is 0.111. The highest BCUT2D eigenvalue weighted by molar-refractivity contribution is 6.12. The molecule has 0 bridgehead atoms. The molecule has 10 rings (SSSR count). The predicted molar refractivity (Wildman–Crippen MR) is 239 cm³/mol. The molecule has 1 heterocycles. The fourth-order valence-corrected chi connectivity index (χ4v) is 9.25. The van der Waals surface area contributed by atoms with Gasteiger partial charge < -0.3 is 9.47 Å². The first-order valence-corrected chi connectivity index (χ1v) is 19.7. The highest BCUT2D eigenvalue weighted by atomic mass is 15.1. The number of benzene rings is 7. The van der Waals surface area contributed by atoms with Gasteiger partial charge in [-0.15, -0.1) is 0 Å². The number of rotatable bonds is 7. The highest BCUT2D eigenvalue weighted by Gasteiger charge is 2.36. The van der Waals surface area contributed by atoms with Crippen molar-refractivity contribution in [3.63, 3.8) is 0 Å². The zero-order valence-electron chi connectivity index (χ0n) is 32.2. The van der Waals surface area contributed by atoms with E-state index >= 15 is 0 Å². The topological polar surface area (TPSA) is 8.17 Å². The molecule has 2 unspecified atom stereocenters. The van der Waals surface area contributed by atoms with Gasteiger partial charge in [-0.1, -0.05) is 149 Å². The van der Waals surface area contributed by atoms with Crippen molar-refractivity contribution in [3.05, 3.63) is 211 Å². The Bertz CT molecular complexity index is 2850. The first-order chi connectivity index (χ1) is 27.4. The summed E-state index contributed by atoms with van der Waals surface area (Å²) in [6.45, 7) is 11.0. The van der Waals surface area contributed by atoms with Crippen LogP contribution in [-0.2, 0) is 5.41 Å². The van der Waals surface area contributed by atoms with Crippen LogP contribution < -0.4 is 4.90 Å². The van der Waals surface area contributed by atoms with Gasteiger partial charge in [0.25, 0.3) is 0 Å². The van der Waals surface area contributed by atoms with E-state index in [1.165, 1.54) is 60.8 Å². The molecule has 8 aromatic rings. The standard InChI is InChI=1S/C54H44N2/c1-5-37-19-21-38(22-20-37)40-25-31-52-48(33-40)49-34-43(29-32-53(49)56(52)41-14-7-6-8-15-41)55(42-26-23-39(24-27-42)45-16-10-9-13-36(45)2)44-28-30-47-46-17-11-12-18-50(46)54(3,4)51(47)35-44/h5-36,45H,1H2,2-4H3. The van der Waals surface area contributed by atoms with Gasteiger partial charge in [0.05, 0.1) is 11.0 Å². The SMILES string of the molecule is C=Cc1ccc(-c2ccc3c(c2)c2cc(N(c4ccc(C5C=CC=CC5C)cc4)c4ccc5c(c4)C(C)(C)c4ccccc4-5)ccc2n3-c2ccccc2)cc1. The Kier molecular flexibility index (Phi) is 8.04. The molecule has 56 heavy (non-hydrogen) atoms. The third-order valence-corrected chi connectivity index (χ3v) is 12.3. The van der Waals surface area contributed by atoms with E-state index in [1.54, 1.807) is 0 Å². The Balaban J connectivity index is 1.18. The minimum absolute atomic E-state index is 0.109. The third kappa shape index (κ3) is 5.47. The van der Waals surface area contributed by atoms with Crippen molar-refractivity contribution < 1.29 is 0 Å². The summed E-state index contributed by atoms with van der Waals surface area (Å²) in [6, 6.07) is 58.5. The molecule has 0 saturated heterocycles. The van der Waals surface area contributed by atoms with Gasteiger partial charge in [0.1, 0.15) is 0 Å². The van der Waals surface area contributed by atoms with E-state index in [0.717, 1.165) is 28.3 Å². The Morgan fingerprint density at radius 2 is 1.20 bits per heavy atom. The zero-order chi connectivity index (χ0) is 38.0. The van der Waals surface area contributed by atoms with Crippen LogP contribution in [0.15, 0.2) is 189 Å². The number of nitrogens with zero attached hydrogens (tertiary/aromatic N) is 2. The Morgan fingerprint density at radius 1 is 0.571 bits per heavy atom. The monoisotopic (exact) mass is 720 g/mol. The van der Waals surface area contributed by atoms with Gasteiger partial charge in [0.15, 0.2) is 0 Å². The second-order valence-electron chi connectivity index (χ2n) is 15.9. The number of hydrogen-bond donors (Lipinski definition) is 0. The van der Waals surface area contributed by atoms with E-state index < -0.39 is 0 Å². The molecule has 0 fully saturated rings. The molecule has 1 aromatic heterocycles. The summed E-state index contributed by atoms with van der Waals surface area (Å²) < 4.78 is 2.40. The van der Waals surface area contributed by atoms with Gasteiger partial charge >= 0.3 is 0 Å². The number of allylic oxidation sites excluding steroid dienone is 4.